The van der Waals surface area contributed by atoms with E-state index in [-0.39, 0.29) is 12.6 Å². The maximum Gasteiger partial charge on any atom is 0.321 e. The van der Waals surface area contributed by atoms with Crippen molar-refractivity contribution >= 4 is 22.5 Å². The van der Waals surface area contributed by atoms with E-state index >= 15 is 0 Å². The summed E-state index contributed by atoms with van der Waals surface area (Å²) in [6.45, 7) is 6.47. The number of nitrogens with zero attached hydrogens (tertiary/aromatic N) is 2. The Morgan fingerprint density at radius 1 is 1.30 bits per heavy atom. The van der Waals surface area contributed by atoms with E-state index in [0.29, 0.717) is 17.5 Å². The van der Waals surface area contributed by atoms with Crippen molar-refractivity contribution in [2.45, 2.75) is 58.5 Å². The molecule has 0 saturated carbocycles. The molecule has 1 atom stereocenters. The zero-order valence-electron chi connectivity index (χ0n) is 12.3. The number of nitrogens with one attached hydrogen (secondary N) is 2. The minimum absolute atomic E-state index is 0.248. The van der Waals surface area contributed by atoms with Crippen molar-refractivity contribution in [3.05, 3.63) is 5.01 Å². The Balaban J connectivity index is 2.42. The minimum Gasteiger partial charge on any atom is -0.391 e. The molecule has 2 amide bonds. The number of aliphatic hydroxyl groups excluding tert-OH is 1. The summed E-state index contributed by atoms with van der Waals surface area (Å²) in [5, 5.41) is 24.3. The molecular formula is C13H24N4O2S. The number of anilines is 1. The van der Waals surface area contributed by atoms with Gasteiger partial charge in [0.25, 0.3) is 0 Å². The van der Waals surface area contributed by atoms with Crippen LogP contribution in [0.1, 0.15) is 57.4 Å². The van der Waals surface area contributed by atoms with Gasteiger partial charge in [-0.3, -0.25) is 5.32 Å². The van der Waals surface area contributed by atoms with Crippen LogP contribution in [0.15, 0.2) is 0 Å². The average Bonchev–Trinajstić information content (AvgIpc) is 2.87. The third kappa shape index (κ3) is 5.42. The third-order valence-electron chi connectivity index (χ3n) is 3.12. The molecule has 0 saturated heterocycles. The molecule has 0 aromatic carbocycles. The molecule has 3 N–H and O–H groups in total. The van der Waals surface area contributed by atoms with Gasteiger partial charge in [0.05, 0.1) is 6.10 Å². The van der Waals surface area contributed by atoms with E-state index in [4.69, 9.17) is 0 Å². The number of rotatable bonds is 8. The van der Waals surface area contributed by atoms with Crippen LogP contribution in [0.3, 0.4) is 0 Å². The first kappa shape index (κ1) is 16.8. The van der Waals surface area contributed by atoms with E-state index in [1.165, 1.54) is 11.3 Å². The number of carbonyl (C=O) groups is 1. The maximum atomic E-state index is 11.6. The van der Waals surface area contributed by atoms with Crippen molar-refractivity contribution in [1.29, 1.82) is 0 Å². The van der Waals surface area contributed by atoms with E-state index in [9.17, 15) is 9.90 Å². The topological polar surface area (TPSA) is 87.1 Å². The summed E-state index contributed by atoms with van der Waals surface area (Å²) in [5.74, 6) is 0.400. The number of hydrogen-bond donors (Lipinski definition) is 3. The molecule has 1 heterocycles. The molecular weight excluding hydrogens is 276 g/mol. The molecule has 0 fully saturated rings. The van der Waals surface area contributed by atoms with Crippen LogP contribution in [0.2, 0.25) is 0 Å². The fourth-order valence-electron chi connectivity index (χ4n) is 1.88. The molecule has 0 bridgehead atoms. The highest BCUT2D eigenvalue weighted by Gasteiger charge is 2.14. The van der Waals surface area contributed by atoms with Crippen molar-refractivity contribution in [1.82, 2.24) is 15.5 Å². The first-order valence-electron chi connectivity index (χ1n) is 7.16. The highest BCUT2D eigenvalue weighted by Crippen LogP contribution is 2.27. The molecule has 114 valence electrons. The van der Waals surface area contributed by atoms with E-state index in [1.54, 1.807) is 0 Å². The zero-order valence-corrected chi connectivity index (χ0v) is 13.2. The van der Waals surface area contributed by atoms with E-state index in [1.807, 2.05) is 6.92 Å². The smallest absolute Gasteiger partial charge is 0.321 e. The molecule has 6 nitrogen and oxygen atoms in total. The maximum absolute atomic E-state index is 11.6. The van der Waals surface area contributed by atoms with Gasteiger partial charge in [-0.15, -0.1) is 10.2 Å². The lowest BCUT2D eigenvalue weighted by Crippen LogP contribution is -2.35. The van der Waals surface area contributed by atoms with Gasteiger partial charge in [0.2, 0.25) is 5.13 Å². The second kappa shape index (κ2) is 8.86. The molecule has 7 heteroatoms. The standard InChI is InChI=1S/C13H24N4O2S/c1-4-7-10(18)8-14-12(19)15-13-17-16-11(20-13)9(5-2)6-3/h9-10,18H,4-8H2,1-3H3,(H2,14,15,17,19). The van der Waals surface area contributed by atoms with Gasteiger partial charge in [-0.25, -0.2) is 4.79 Å². The van der Waals surface area contributed by atoms with E-state index in [0.717, 1.165) is 24.3 Å². The molecule has 0 aliphatic heterocycles. The summed E-state index contributed by atoms with van der Waals surface area (Å²) in [6.07, 6.45) is 3.10. The summed E-state index contributed by atoms with van der Waals surface area (Å²) < 4.78 is 0. The fourth-order valence-corrected chi connectivity index (χ4v) is 2.88. The van der Waals surface area contributed by atoms with Crippen molar-refractivity contribution in [3.63, 3.8) is 0 Å². The summed E-state index contributed by atoms with van der Waals surface area (Å²) in [5.41, 5.74) is 0. The molecule has 1 rings (SSSR count). The van der Waals surface area contributed by atoms with Gasteiger partial charge in [-0.2, -0.15) is 0 Å². The van der Waals surface area contributed by atoms with Crippen LogP contribution in [-0.2, 0) is 0 Å². The molecule has 20 heavy (non-hydrogen) atoms. The summed E-state index contributed by atoms with van der Waals surface area (Å²) in [7, 11) is 0. The quantitative estimate of drug-likeness (QED) is 0.689. The minimum atomic E-state index is -0.500. The van der Waals surface area contributed by atoms with Crippen LogP contribution in [-0.4, -0.2) is 34.0 Å². The predicted molar refractivity (Wildman–Crippen MR) is 81.2 cm³/mol. The van der Waals surface area contributed by atoms with Crippen molar-refractivity contribution in [2.24, 2.45) is 0 Å². The highest BCUT2D eigenvalue weighted by molar-refractivity contribution is 7.15. The summed E-state index contributed by atoms with van der Waals surface area (Å²) >= 11 is 1.41. The zero-order chi connectivity index (χ0) is 15.0. The number of urea groups is 1. The van der Waals surface area contributed by atoms with Crippen LogP contribution in [0.4, 0.5) is 9.93 Å². The van der Waals surface area contributed by atoms with Gasteiger partial charge in [0.1, 0.15) is 5.01 Å². The molecule has 1 unspecified atom stereocenters. The van der Waals surface area contributed by atoms with Gasteiger partial charge < -0.3 is 10.4 Å². The Morgan fingerprint density at radius 3 is 2.60 bits per heavy atom. The second-order valence-corrected chi connectivity index (χ2v) is 5.75. The Kier molecular flexibility index (Phi) is 7.46. The monoisotopic (exact) mass is 300 g/mol. The van der Waals surface area contributed by atoms with Crippen LogP contribution >= 0.6 is 11.3 Å². The highest BCUT2D eigenvalue weighted by atomic mass is 32.1. The first-order valence-corrected chi connectivity index (χ1v) is 7.98. The van der Waals surface area contributed by atoms with Crippen molar-refractivity contribution < 1.29 is 9.90 Å². The van der Waals surface area contributed by atoms with Crippen LogP contribution in [0, 0.1) is 0 Å². The average molecular weight is 300 g/mol. The van der Waals surface area contributed by atoms with E-state index < -0.39 is 6.10 Å². The van der Waals surface area contributed by atoms with Gasteiger partial charge in [0.15, 0.2) is 0 Å². The lowest BCUT2D eigenvalue weighted by Gasteiger charge is -2.10. The van der Waals surface area contributed by atoms with E-state index in [2.05, 4.69) is 34.7 Å². The summed E-state index contributed by atoms with van der Waals surface area (Å²) in [6, 6.07) is -0.354. The largest absolute Gasteiger partial charge is 0.391 e. The first-order chi connectivity index (χ1) is 9.60. The lowest BCUT2D eigenvalue weighted by atomic mass is 10.1. The normalized spacial score (nSPS) is 12.4. The summed E-state index contributed by atoms with van der Waals surface area (Å²) in [4.78, 5) is 11.6. The number of amides is 2. The predicted octanol–water partition coefficient (Wildman–Crippen LogP) is 2.72. The van der Waals surface area contributed by atoms with Gasteiger partial charge >= 0.3 is 6.03 Å². The Bertz CT molecular complexity index is 407. The molecule has 0 radical (unpaired) electrons. The van der Waals surface area contributed by atoms with Crippen molar-refractivity contribution in [2.75, 3.05) is 11.9 Å². The van der Waals surface area contributed by atoms with Crippen LogP contribution in [0.5, 0.6) is 0 Å². The van der Waals surface area contributed by atoms with Gasteiger partial charge in [-0.05, 0) is 19.3 Å². The van der Waals surface area contributed by atoms with Crippen LogP contribution in [0.25, 0.3) is 0 Å². The van der Waals surface area contributed by atoms with Crippen LogP contribution < -0.4 is 10.6 Å². The lowest BCUT2D eigenvalue weighted by molar-refractivity contribution is 0.162. The van der Waals surface area contributed by atoms with Crippen molar-refractivity contribution in [3.8, 4) is 0 Å². The van der Waals surface area contributed by atoms with Gasteiger partial charge in [-0.1, -0.05) is 38.5 Å². The molecule has 0 aliphatic carbocycles. The Labute approximate surface area is 124 Å². The fraction of sp³-hybridized carbons (Fsp3) is 0.769. The number of aromatic nitrogens is 2. The second-order valence-electron chi connectivity index (χ2n) is 4.74. The SMILES string of the molecule is CCCC(O)CNC(=O)Nc1nnc(C(CC)CC)s1. The van der Waals surface area contributed by atoms with Gasteiger partial charge in [0, 0.05) is 12.5 Å². The third-order valence-corrected chi connectivity index (χ3v) is 4.12. The molecule has 1 aromatic heterocycles. The number of carbonyl (C=O) groups excluding carboxylic acids is 1. The molecule has 0 aliphatic rings. The number of hydrogen-bond acceptors (Lipinski definition) is 5. The Hall–Kier alpha value is -1.21. The molecule has 1 aromatic rings. The Morgan fingerprint density at radius 2 is 2.00 bits per heavy atom. The number of aliphatic hydroxyl groups is 1. The molecule has 0 spiro atoms.